The molecule has 0 aliphatic rings. The van der Waals surface area contributed by atoms with Crippen LogP contribution in [-0.4, -0.2) is 37.5 Å². The number of benzene rings is 1. The summed E-state index contributed by atoms with van der Waals surface area (Å²) in [5.74, 6) is 1.15. The van der Waals surface area contributed by atoms with Crippen LogP contribution >= 0.6 is 0 Å². The second kappa shape index (κ2) is 8.05. The van der Waals surface area contributed by atoms with Crippen LogP contribution in [-0.2, 0) is 11.3 Å². The zero-order chi connectivity index (χ0) is 19.4. The smallest absolute Gasteiger partial charge is 0.415 e. The van der Waals surface area contributed by atoms with Gasteiger partial charge in [0.05, 0.1) is 27.0 Å². The zero-order valence-electron chi connectivity index (χ0n) is 15.5. The first-order chi connectivity index (χ1) is 13.1. The van der Waals surface area contributed by atoms with Crippen LogP contribution in [0.1, 0.15) is 6.42 Å². The van der Waals surface area contributed by atoms with Crippen LogP contribution in [0, 0.1) is 0 Å². The minimum Gasteiger partial charge on any atom is -0.493 e. The highest BCUT2D eigenvalue weighted by Gasteiger charge is 2.20. The number of nitrogens with one attached hydrogen (secondary N) is 2. The van der Waals surface area contributed by atoms with Gasteiger partial charge in [0.25, 0.3) is 11.2 Å². The SMILES string of the molecule is COCCCn1c(=O)[nH]c(=O)c2c(-c3ccc(OC)c(OC)c3)cc[nH+]c21. The summed E-state index contributed by atoms with van der Waals surface area (Å²) < 4.78 is 17.2. The molecule has 0 amide bonds. The standard InChI is InChI=1S/C19H21N3O5/c1-25-10-4-9-22-17-16(18(23)21-19(22)24)13(7-8-20-17)12-5-6-14(26-2)15(11-12)27-3/h5-8,11H,4,9-10H2,1-3H3,(H,21,23,24)/p+1. The normalized spacial score (nSPS) is 10.9. The van der Waals surface area contributed by atoms with Gasteiger partial charge in [0.1, 0.15) is 5.39 Å². The van der Waals surface area contributed by atoms with Crippen molar-refractivity contribution in [2.75, 3.05) is 27.9 Å². The van der Waals surface area contributed by atoms with Gasteiger partial charge in [-0.1, -0.05) is 6.07 Å². The molecule has 27 heavy (non-hydrogen) atoms. The number of hydrogen-bond donors (Lipinski definition) is 1. The van der Waals surface area contributed by atoms with Crippen molar-refractivity contribution in [2.24, 2.45) is 0 Å². The van der Waals surface area contributed by atoms with Crippen molar-refractivity contribution in [2.45, 2.75) is 13.0 Å². The second-order valence-electron chi connectivity index (χ2n) is 5.94. The molecule has 8 heteroatoms. The molecule has 142 valence electrons. The van der Waals surface area contributed by atoms with Gasteiger partial charge >= 0.3 is 5.69 Å². The lowest BCUT2D eigenvalue weighted by Crippen LogP contribution is -2.34. The van der Waals surface area contributed by atoms with Gasteiger partial charge in [-0.05, 0) is 23.8 Å². The van der Waals surface area contributed by atoms with Crippen LogP contribution in [0.4, 0.5) is 0 Å². The number of rotatable bonds is 7. The molecule has 0 saturated carbocycles. The zero-order valence-corrected chi connectivity index (χ0v) is 15.5. The van der Waals surface area contributed by atoms with Crippen molar-refractivity contribution < 1.29 is 19.2 Å². The third-order valence-electron chi connectivity index (χ3n) is 4.36. The molecule has 1 aromatic carbocycles. The van der Waals surface area contributed by atoms with E-state index in [0.717, 1.165) is 5.56 Å². The topological polar surface area (TPSA) is 96.7 Å². The van der Waals surface area contributed by atoms with Gasteiger partial charge in [-0.25, -0.2) is 9.78 Å². The molecule has 0 aliphatic heterocycles. The van der Waals surface area contributed by atoms with Gasteiger partial charge in [0.2, 0.25) is 0 Å². The summed E-state index contributed by atoms with van der Waals surface area (Å²) in [5, 5.41) is 0.404. The molecule has 0 unspecified atom stereocenters. The first-order valence-electron chi connectivity index (χ1n) is 8.49. The lowest BCUT2D eigenvalue weighted by molar-refractivity contribution is -0.349. The number of fused-ring (bicyclic) bond motifs is 1. The fourth-order valence-corrected chi connectivity index (χ4v) is 3.08. The molecule has 2 N–H and O–H groups in total. The first-order valence-corrected chi connectivity index (χ1v) is 8.49. The lowest BCUT2D eigenvalue weighted by atomic mass is 10.0. The molecule has 3 rings (SSSR count). The monoisotopic (exact) mass is 372 g/mol. The number of methoxy groups -OCH3 is 3. The van der Waals surface area contributed by atoms with Gasteiger partial charge in [0.15, 0.2) is 11.5 Å². The predicted molar refractivity (Wildman–Crippen MR) is 100 cm³/mol. The van der Waals surface area contributed by atoms with Crippen LogP contribution < -0.4 is 25.7 Å². The summed E-state index contributed by atoms with van der Waals surface area (Å²) in [5.41, 5.74) is 1.03. The highest BCUT2D eigenvalue weighted by molar-refractivity contribution is 5.90. The van der Waals surface area contributed by atoms with Crippen molar-refractivity contribution in [3.05, 3.63) is 51.3 Å². The minimum absolute atomic E-state index is 0.404. The maximum Gasteiger partial charge on any atom is 0.415 e. The van der Waals surface area contributed by atoms with Crippen LogP contribution in [0.5, 0.6) is 11.5 Å². The van der Waals surface area contributed by atoms with Crippen LogP contribution in [0.25, 0.3) is 22.2 Å². The van der Waals surface area contributed by atoms with Crippen LogP contribution in [0.3, 0.4) is 0 Å². The average molecular weight is 372 g/mol. The summed E-state index contributed by atoms with van der Waals surface area (Å²) >= 11 is 0. The maximum atomic E-state index is 12.6. The Morgan fingerprint density at radius 3 is 2.56 bits per heavy atom. The lowest BCUT2D eigenvalue weighted by Gasteiger charge is -2.10. The van der Waals surface area contributed by atoms with E-state index < -0.39 is 11.2 Å². The Balaban J connectivity index is 2.22. The maximum absolute atomic E-state index is 12.6. The number of H-pyrrole nitrogens is 2. The minimum atomic E-state index is -0.454. The fraction of sp³-hybridized carbons (Fsp3) is 0.316. The van der Waals surface area contributed by atoms with Gasteiger partial charge in [-0.2, -0.15) is 4.57 Å². The molecule has 0 fully saturated rings. The van der Waals surface area contributed by atoms with E-state index in [1.807, 2.05) is 6.07 Å². The molecule has 0 bridgehead atoms. The molecule has 2 heterocycles. The molecule has 3 aromatic rings. The van der Waals surface area contributed by atoms with Crippen molar-refractivity contribution in [3.63, 3.8) is 0 Å². The summed E-state index contributed by atoms with van der Waals surface area (Å²) in [6.45, 7) is 0.939. The fourth-order valence-electron chi connectivity index (χ4n) is 3.08. The molecular formula is C19H22N3O5+. The van der Waals surface area contributed by atoms with E-state index in [1.165, 1.54) is 4.57 Å². The molecule has 0 radical (unpaired) electrons. The largest absolute Gasteiger partial charge is 0.493 e. The quantitative estimate of drug-likeness (QED) is 0.629. The van der Waals surface area contributed by atoms with E-state index in [-0.39, 0.29) is 0 Å². The number of pyridine rings is 1. The van der Waals surface area contributed by atoms with Crippen molar-refractivity contribution in [3.8, 4) is 22.6 Å². The first kappa shape index (κ1) is 18.7. The molecule has 0 saturated heterocycles. The Kier molecular flexibility index (Phi) is 5.56. The number of aromatic amines is 2. The summed E-state index contributed by atoms with van der Waals surface area (Å²) in [7, 11) is 4.72. The highest BCUT2D eigenvalue weighted by atomic mass is 16.5. The number of aryl methyl sites for hydroxylation is 1. The van der Waals surface area contributed by atoms with Crippen molar-refractivity contribution >= 4 is 11.0 Å². The number of aromatic nitrogens is 3. The third kappa shape index (κ3) is 3.56. The van der Waals surface area contributed by atoms with E-state index in [4.69, 9.17) is 14.2 Å². The summed E-state index contributed by atoms with van der Waals surface area (Å²) in [6.07, 6.45) is 2.35. The average Bonchev–Trinajstić information content (AvgIpc) is 2.69. The van der Waals surface area contributed by atoms with Gasteiger partial charge in [0, 0.05) is 25.7 Å². The van der Waals surface area contributed by atoms with E-state index in [9.17, 15) is 9.59 Å². The Morgan fingerprint density at radius 1 is 1.07 bits per heavy atom. The van der Waals surface area contributed by atoms with Crippen LogP contribution in [0.15, 0.2) is 40.1 Å². The molecule has 0 atom stereocenters. The van der Waals surface area contributed by atoms with E-state index in [2.05, 4.69) is 9.97 Å². The van der Waals surface area contributed by atoms with Crippen molar-refractivity contribution in [1.29, 1.82) is 0 Å². The second-order valence-corrected chi connectivity index (χ2v) is 5.94. The third-order valence-corrected chi connectivity index (χ3v) is 4.36. The van der Waals surface area contributed by atoms with Gasteiger partial charge in [-0.3, -0.25) is 9.78 Å². The van der Waals surface area contributed by atoms with Gasteiger partial charge in [-0.15, -0.1) is 0 Å². The van der Waals surface area contributed by atoms with E-state index in [0.29, 0.717) is 47.7 Å². The summed E-state index contributed by atoms with van der Waals surface area (Å²) in [4.78, 5) is 30.3. The predicted octanol–water partition coefficient (Wildman–Crippen LogP) is 1.22. The van der Waals surface area contributed by atoms with E-state index in [1.54, 1.807) is 45.7 Å². The number of nitrogens with zero attached hydrogens (tertiary/aromatic N) is 1. The van der Waals surface area contributed by atoms with Crippen molar-refractivity contribution in [1.82, 2.24) is 9.55 Å². The molecule has 0 aliphatic carbocycles. The molecule has 2 aromatic heterocycles. The Morgan fingerprint density at radius 2 is 1.85 bits per heavy atom. The molecular weight excluding hydrogens is 350 g/mol. The van der Waals surface area contributed by atoms with Crippen LogP contribution in [0.2, 0.25) is 0 Å². The van der Waals surface area contributed by atoms with Gasteiger partial charge < -0.3 is 14.2 Å². The Labute approximate surface area is 155 Å². The number of ether oxygens (including phenoxy) is 3. The summed E-state index contributed by atoms with van der Waals surface area (Å²) in [6, 6.07) is 7.21. The molecule has 8 nitrogen and oxygen atoms in total. The highest BCUT2D eigenvalue weighted by Crippen LogP contribution is 2.33. The van der Waals surface area contributed by atoms with E-state index >= 15 is 0 Å². The Bertz CT molecular complexity index is 1070. The molecule has 0 spiro atoms. The Hall–Kier alpha value is -3.13. The number of hydrogen-bond acceptors (Lipinski definition) is 5.